The van der Waals surface area contributed by atoms with Gasteiger partial charge in [0.2, 0.25) is 0 Å². The van der Waals surface area contributed by atoms with Crippen molar-refractivity contribution in [2.24, 2.45) is 5.41 Å². The molecular formula is C15H21BO2. The number of hydrogen-bond acceptors (Lipinski definition) is 2. The highest BCUT2D eigenvalue weighted by atomic mass is 16.6. The normalized spacial score (nSPS) is 23.8. The molecule has 3 heteroatoms. The van der Waals surface area contributed by atoms with Crippen molar-refractivity contribution in [1.82, 2.24) is 0 Å². The van der Waals surface area contributed by atoms with Crippen LogP contribution in [0.5, 0.6) is 0 Å². The van der Waals surface area contributed by atoms with E-state index in [0.717, 1.165) is 19.1 Å². The summed E-state index contributed by atoms with van der Waals surface area (Å²) in [6, 6.07) is 8.76. The van der Waals surface area contributed by atoms with Crippen LogP contribution in [0, 0.1) is 5.41 Å². The average Bonchev–Trinajstić information content (AvgIpc) is 2.27. The van der Waals surface area contributed by atoms with Crippen molar-refractivity contribution in [3.8, 4) is 0 Å². The number of benzene rings is 1. The zero-order valence-electron chi connectivity index (χ0n) is 11.3. The van der Waals surface area contributed by atoms with Gasteiger partial charge in [-0.15, -0.1) is 0 Å². The first-order valence-electron chi connectivity index (χ1n) is 6.97. The molecule has 0 atom stereocenters. The van der Waals surface area contributed by atoms with E-state index in [1.165, 1.54) is 30.3 Å². The van der Waals surface area contributed by atoms with Crippen LogP contribution in [-0.4, -0.2) is 20.3 Å². The molecule has 1 saturated heterocycles. The zero-order valence-corrected chi connectivity index (χ0v) is 11.3. The molecule has 2 nitrogen and oxygen atoms in total. The molecule has 2 fully saturated rings. The third kappa shape index (κ3) is 2.48. The average molecular weight is 244 g/mol. The first-order chi connectivity index (χ1) is 8.64. The molecule has 1 aromatic carbocycles. The van der Waals surface area contributed by atoms with Crippen LogP contribution in [0.25, 0.3) is 0 Å². The Labute approximate surface area is 110 Å². The van der Waals surface area contributed by atoms with Crippen LogP contribution >= 0.6 is 0 Å². The van der Waals surface area contributed by atoms with Crippen LogP contribution in [0.2, 0.25) is 0 Å². The van der Waals surface area contributed by atoms with Crippen molar-refractivity contribution in [3.05, 3.63) is 29.8 Å². The van der Waals surface area contributed by atoms with Gasteiger partial charge in [0.15, 0.2) is 0 Å². The molecule has 0 bridgehead atoms. The van der Waals surface area contributed by atoms with Crippen molar-refractivity contribution in [2.75, 3.05) is 13.2 Å². The van der Waals surface area contributed by atoms with Gasteiger partial charge in [-0.2, -0.15) is 0 Å². The van der Waals surface area contributed by atoms with Gasteiger partial charge in [-0.25, -0.2) is 0 Å². The van der Waals surface area contributed by atoms with Gasteiger partial charge in [0.05, 0.1) is 0 Å². The quantitative estimate of drug-likeness (QED) is 0.745. The summed E-state index contributed by atoms with van der Waals surface area (Å²) in [5.74, 6) is 0.769. The lowest BCUT2D eigenvalue weighted by atomic mass is 9.72. The van der Waals surface area contributed by atoms with Gasteiger partial charge in [-0.3, -0.25) is 0 Å². The molecule has 2 aliphatic rings. The van der Waals surface area contributed by atoms with Crippen LogP contribution in [0.15, 0.2) is 24.3 Å². The van der Waals surface area contributed by atoms with Crippen molar-refractivity contribution in [2.45, 2.75) is 39.0 Å². The predicted octanol–water partition coefficient (Wildman–Crippen LogP) is 2.72. The van der Waals surface area contributed by atoms with E-state index in [1.807, 2.05) is 0 Å². The Morgan fingerprint density at radius 1 is 1.17 bits per heavy atom. The summed E-state index contributed by atoms with van der Waals surface area (Å²) < 4.78 is 11.7. The van der Waals surface area contributed by atoms with E-state index in [-0.39, 0.29) is 12.5 Å². The number of rotatable bonds is 2. The van der Waals surface area contributed by atoms with Crippen molar-refractivity contribution in [3.63, 3.8) is 0 Å². The Balaban J connectivity index is 1.72. The fourth-order valence-corrected chi connectivity index (χ4v) is 2.59. The third-order valence-electron chi connectivity index (χ3n) is 4.01. The van der Waals surface area contributed by atoms with E-state index in [9.17, 15) is 0 Å². The molecular weight excluding hydrogens is 223 g/mol. The van der Waals surface area contributed by atoms with Gasteiger partial charge in [-0.1, -0.05) is 44.5 Å². The first-order valence-corrected chi connectivity index (χ1v) is 6.97. The summed E-state index contributed by atoms with van der Waals surface area (Å²) in [7, 11) is -0.168. The maximum Gasteiger partial charge on any atom is 0.493 e. The van der Waals surface area contributed by atoms with Crippen LogP contribution in [0.4, 0.5) is 0 Å². The fraction of sp³-hybridized carbons (Fsp3) is 0.600. The van der Waals surface area contributed by atoms with Crippen LogP contribution in [0.3, 0.4) is 0 Å². The highest BCUT2D eigenvalue weighted by molar-refractivity contribution is 6.61. The topological polar surface area (TPSA) is 18.5 Å². The smallest absolute Gasteiger partial charge is 0.407 e. The van der Waals surface area contributed by atoms with Crippen molar-refractivity contribution >= 4 is 12.6 Å². The monoisotopic (exact) mass is 244 g/mol. The second kappa shape index (κ2) is 4.71. The molecule has 0 amide bonds. The molecule has 96 valence electrons. The largest absolute Gasteiger partial charge is 0.493 e. The van der Waals surface area contributed by atoms with E-state index in [4.69, 9.17) is 9.31 Å². The molecule has 0 spiro atoms. The molecule has 1 aromatic rings. The molecule has 0 N–H and O–H groups in total. The lowest BCUT2D eigenvalue weighted by molar-refractivity contribution is 0.0343. The van der Waals surface area contributed by atoms with E-state index < -0.39 is 0 Å². The maximum atomic E-state index is 5.84. The minimum Gasteiger partial charge on any atom is -0.407 e. The molecule has 0 radical (unpaired) electrons. The van der Waals surface area contributed by atoms with Gasteiger partial charge in [-0.05, 0) is 29.8 Å². The minimum absolute atomic E-state index is 0.141. The lowest BCUT2D eigenvalue weighted by Crippen LogP contribution is -2.47. The summed E-state index contributed by atoms with van der Waals surface area (Å²) in [5, 5.41) is 0. The summed E-state index contributed by atoms with van der Waals surface area (Å²) in [6.07, 6.45) is 4.05. The predicted molar refractivity (Wildman–Crippen MR) is 74.1 cm³/mol. The Bertz CT molecular complexity index is 416. The van der Waals surface area contributed by atoms with Gasteiger partial charge in [0.1, 0.15) is 0 Å². The second-order valence-corrected chi connectivity index (χ2v) is 6.42. The second-order valence-electron chi connectivity index (χ2n) is 6.42. The van der Waals surface area contributed by atoms with Crippen molar-refractivity contribution in [1.29, 1.82) is 0 Å². The maximum absolute atomic E-state index is 5.84. The lowest BCUT2D eigenvalue weighted by Gasteiger charge is -2.33. The first kappa shape index (κ1) is 12.2. The van der Waals surface area contributed by atoms with E-state index >= 15 is 0 Å². The summed E-state index contributed by atoms with van der Waals surface area (Å²) >= 11 is 0. The summed E-state index contributed by atoms with van der Waals surface area (Å²) in [6.45, 7) is 5.89. The Morgan fingerprint density at radius 3 is 2.50 bits per heavy atom. The minimum atomic E-state index is -0.168. The van der Waals surface area contributed by atoms with Gasteiger partial charge in [0, 0.05) is 18.6 Å². The summed E-state index contributed by atoms with van der Waals surface area (Å²) in [5.41, 5.74) is 2.77. The Kier molecular flexibility index (Phi) is 3.20. The molecule has 3 rings (SSSR count). The van der Waals surface area contributed by atoms with E-state index in [1.54, 1.807) is 0 Å². The SMILES string of the molecule is CC1(C)COB(c2cccc(C3CCC3)c2)OC1. The van der Waals surface area contributed by atoms with Gasteiger partial charge < -0.3 is 9.31 Å². The summed E-state index contributed by atoms with van der Waals surface area (Å²) in [4.78, 5) is 0. The molecule has 1 aliphatic heterocycles. The van der Waals surface area contributed by atoms with Crippen molar-refractivity contribution < 1.29 is 9.31 Å². The van der Waals surface area contributed by atoms with Crippen LogP contribution in [-0.2, 0) is 9.31 Å². The molecule has 1 aliphatic carbocycles. The van der Waals surface area contributed by atoms with E-state index in [2.05, 4.69) is 38.1 Å². The number of hydrogen-bond donors (Lipinski definition) is 0. The standard InChI is InChI=1S/C15H21BO2/c1-15(2)10-17-16(18-11-15)14-8-4-7-13(9-14)12-5-3-6-12/h4,7-9,12H,3,5-6,10-11H2,1-2H3. The van der Waals surface area contributed by atoms with Gasteiger partial charge >= 0.3 is 7.12 Å². The molecule has 1 saturated carbocycles. The van der Waals surface area contributed by atoms with E-state index in [0.29, 0.717) is 0 Å². The fourth-order valence-electron chi connectivity index (χ4n) is 2.59. The highest BCUT2D eigenvalue weighted by Crippen LogP contribution is 2.35. The highest BCUT2D eigenvalue weighted by Gasteiger charge is 2.33. The molecule has 18 heavy (non-hydrogen) atoms. The molecule has 0 aromatic heterocycles. The Hall–Kier alpha value is -0.795. The van der Waals surface area contributed by atoms with Crippen LogP contribution in [0.1, 0.15) is 44.6 Å². The molecule has 0 unspecified atom stereocenters. The van der Waals surface area contributed by atoms with Gasteiger partial charge in [0.25, 0.3) is 0 Å². The third-order valence-corrected chi connectivity index (χ3v) is 4.01. The molecule has 1 heterocycles. The van der Waals surface area contributed by atoms with Crippen LogP contribution < -0.4 is 5.46 Å². The zero-order chi connectivity index (χ0) is 12.6. The Morgan fingerprint density at radius 2 is 1.89 bits per heavy atom.